The number of carbonyl (C=O) groups is 2. The fourth-order valence-corrected chi connectivity index (χ4v) is 1.01. The number of aliphatic hydroxyl groups excluding tert-OH is 2. The van der Waals surface area contributed by atoms with Gasteiger partial charge in [-0.05, 0) is 12.1 Å². The number of furan rings is 1. The maximum absolute atomic E-state index is 11.3. The lowest BCUT2D eigenvalue weighted by molar-refractivity contribution is 0.0317. The monoisotopic (exact) mass is 244 g/mol. The minimum atomic E-state index is -1.28. The second kappa shape index (κ2) is 6.02. The molecule has 1 atom stereocenters. The minimum Gasteiger partial charge on any atom is -0.475 e. The summed E-state index contributed by atoms with van der Waals surface area (Å²) in [6, 6.07) is 2.33. The number of ether oxygens (including phenoxy) is 1. The first-order valence-electron chi connectivity index (χ1n) is 4.83. The number of hydrogen-bond acceptors (Lipinski definition) is 6. The Morgan fingerprint density at radius 1 is 1.35 bits per heavy atom. The van der Waals surface area contributed by atoms with Crippen molar-refractivity contribution >= 4 is 11.9 Å². The third kappa shape index (κ3) is 3.89. The molecule has 0 aliphatic heterocycles. The summed E-state index contributed by atoms with van der Waals surface area (Å²) in [6.07, 6.45) is -0.858. The predicted molar refractivity (Wildman–Crippen MR) is 53.7 cm³/mol. The number of carbonyl (C=O) groups excluding carboxylic acids is 1. The third-order valence-electron chi connectivity index (χ3n) is 1.91. The molecule has 94 valence electrons. The zero-order valence-corrected chi connectivity index (χ0v) is 8.83. The molecule has 0 bridgehead atoms. The highest BCUT2D eigenvalue weighted by Gasteiger charge is 2.16. The number of esters is 1. The smallest absolute Gasteiger partial charge is 0.374 e. The van der Waals surface area contributed by atoms with E-state index in [1.54, 1.807) is 0 Å². The molecule has 3 N–H and O–H groups in total. The Morgan fingerprint density at radius 2 is 2.00 bits per heavy atom. The quantitative estimate of drug-likeness (QED) is 0.597. The molecule has 7 heteroatoms. The van der Waals surface area contributed by atoms with E-state index < -0.39 is 24.6 Å². The molecule has 17 heavy (non-hydrogen) atoms. The Kier molecular flexibility index (Phi) is 4.68. The molecule has 1 aromatic rings. The van der Waals surface area contributed by atoms with E-state index in [1.165, 1.54) is 6.07 Å². The second-order valence-corrected chi connectivity index (χ2v) is 3.23. The lowest BCUT2D eigenvalue weighted by Crippen LogP contribution is -2.16. The van der Waals surface area contributed by atoms with Crippen LogP contribution in [0.5, 0.6) is 0 Å². The van der Waals surface area contributed by atoms with E-state index >= 15 is 0 Å². The first-order chi connectivity index (χ1) is 8.04. The summed E-state index contributed by atoms with van der Waals surface area (Å²) in [7, 11) is 0. The molecule has 0 aliphatic carbocycles. The number of hydrogen-bond donors (Lipinski definition) is 3. The van der Waals surface area contributed by atoms with Crippen LogP contribution in [0.3, 0.4) is 0 Å². The van der Waals surface area contributed by atoms with Crippen LogP contribution >= 0.6 is 0 Å². The van der Waals surface area contributed by atoms with Crippen molar-refractivity contribution in [3.63, 3.8) is 0 Å². The van der Waals surface area contributed by atoms with Gasteiger partial charge in [-0.1, -0.05) is 0 Å². The topological polar surface area (TPSA) is 117 Å². The molecular formula is C10H12O7. The van der Waals surface area contributed by atoms with Crippen LogP contribution in [0.1, 0.15) is 27.5 Å². The van der Waals surface area contributed by atoms with Gasteiger partial charge in [-0.25, -0.2) is 9.59 Å². The highest BCUT2D eigenvalue weighted by molar-refractivity contribution is 5.89. The first kappa shape index (κ1) is 13.2. The van der Waals surface area contributed by atoms with Gasteiger partial charge in [-0.3, -0.25) is 0 Å². The van der Waals surface area contributed by atoms with Crippen LogP contribution in [0.2, 0.25) is 0 Å². The number of aliphatic hydroxyl groups is 2. The summed E-state index contributed by atoms with van der Waals surface area (Å²) < 4.78 is 9.40. The molecule has 0 amide bonds. The molecule has 0 spiro atoms. The van der Waals surface area contributed by atoms with Gasteiger partial charge in [-0.15, -0.1) is 0 Å². The van der Waals surface area contributed by atoms with Crippen molar-refractivity contribution in [2.45, 2.75) is 12.5 Å². The van der Waals surface area contributed by atoms with Crippen molar-refractivity contribution < 1.29 is 34.1 Å². The van der Waals surface area contributed by atoms with E-state index in [4.69, 9.17) is 24.5 Å². The van der Waals surface area contributed by atoms with E-state index in [0.717, 1.165) is 6.07 Å². The molecule has 1 aromatic heterocycles. The molecule has 1 heterocycles. The molecule has 0 saturated heterocycles. The maximum Gasteiger partial charge on any atom is 0.374 e. The number of aromatic carboxylic acids is 1. The van der Waals surface area contributed by atoms with Crippen LogP contribution in [0.15, 0.2) is 16.5 Å². The molecule has 0 aliphatic rings. The van der Waals surface area contributed by atoms with Gasteiger partial charge in [0.1, 0.15) is 0 Å². The minimum absolute atomic E-state index is 0.0920. The zero-order valence-electron chi connectivity index (χ0n) is 8.83. The summed E-state index contributed by atoms with van der Waals surface area (Å²) in [6.45, 7) is -0.509. The molecule has 0 aromatic carbocycles. The van der Waals surface area contributed by atoms with Gasteiger partial charge in [-0.2, -0.15) is 0 Å². The second-order valence-electron chi connectivity index (χ2n) is 3.23. The first-order valence-corrected chi connectivity index (χ1v) is 4.83. The predicted octanol–water partition coefficient (Wildman–Crippen LogP) is -0.122. The number of carboxylic acid groups (broad SMARTS) is 1. The van der Waals surface area contributed by atoms with Crippen LogP contribution in [-0.2, 0) is 4.74 Å². The summed E-state index contributed by atoms with van der Waals surface area (Å²) >= 11 is 0. The maximum atomic E-state index is 11.3. The Morgan fingerprint density at radius 3 is 2.53 bits per heavy atom. The van der Waals surface area contributed by atoms with Crippen LogP contribution in [0.25, 0.3) is 0 Å². The molecule has 0 fully saturated rings. The Hall–Kier alpha value is -1.86. The summed E-state index contributed by atoms with van der Waals surface area (Å²) in [4.78, 5) is 21.8. The normalized spacial score (nSPS) is 12.1. The lowest BCUT2D eigenvalue weighted by atomic mass is 10.3. The van der Waals surface area contributed by atoms with Gasteiger partial charge in [0, 0.05) is 6.42 Å². The van der Waals surface area contributed by atoms with Crippen molar-refractivity contribution in [3.05, 3.63) is 23.7 Å². The summed E-state index contributed by atoms with van der Waals surface area (Å²) in [5.41, 5.74) is 0. The van der Waals surface area contributed by atoms with Gasteiger partial charge < -0.3 is 24.5 Å². The van der Waals surface area contributed by atoms with Gasteiger partial charge in [0.15, 0.2) is 0 Å². The van der Waals surface area contributed by atoms with E-state index in [0.29, 0.717) is 0 Å². The third-order valence-corrected chi connectivity index (χ3v) is 1.91. The van der Waals surface area contributed by atoms with Gasteiger partial charge in [0.05, 0.1) is 19.3 Å². The Balaban J connectivity index is 2.44. The highest BCUT2D eigenvalue weighted by Crippen LogP contribution is 2.09. The van der Waals surface area contributed by atoms with Crippen LogP contribution < -0.4 is 0 Å². The molecule has 1 unspecified atom stereocenters. The standard InChI is InChI=1S/C10H12O7/c11-5-6(12)3-4-16-10(15)8-2-1-7(17-8)9(13)14/h1-2,6,11-12H,3-5H2,(H,13,14). The zero-order chi connectivity index (χ0) is 12.8. The largest absolute Gasteiger partial charge is 0.475 e. The van der Waals surface area contributed by atoms with E-state index in [9.17, 15) is 9.59 Å². The van der Waals surface area contributed by atoms with Crippen molar-refractivity contribution in [3.8, 4) is 0 Å². The Labute approximate surface area is 96.2 Å². The molecule has 1 rings (SSSR count). The number of rotatable bonds is 6. The fourth-order valence-electron chi connectivity index (χ4n) is 1.01. The van der Waals surface area contributed by atoms with Crippen molar-refractivity contribution in [2.24, 2.45) is 0 Å². The van der Waals surface area contributed by atoms with Crippen LogP contribution in [0.4, 0.5) is 0 Å². The van der Waals surface area contributed by atoms with E-state index in [1.807, 2.05) is 0 Å². The SMILES string of the molecule is O=C(O)c1ccc(C(=O)OCCC(O)CO)o1. The average Bonchev–Trinajstić information content (AvgIpc) is 2.78. The average molecular weight is 244 g/mol. The Bertz CT molecular complexity index is 395. The van der Waals surface area contributed by atoms with Crippen LogP contribution in [0, 0.1) is 0 Å². The lowest BCUT2D eigenvalue weighted by Gasteiger charge is -2.06. The van der Waals surface area contributed by atoms with Crippen molar-refractivity contribution in [1.29, 1.82) is 0 Å². The number of carboxylic acids is 1. The van der Waals surface area contributed by atoms with E-state index in [2.05, 4.69) is 0 Å². The summed E-state index contributed by atoms with van der Waals surface area (Å²) in [5, 5.41) is 26.0. The summed E-state index contributed by atoms with van der Waals surface area (Å²) in [5.74, 6) is -2.67. The van der Waals surface area contributed by atoms with Crippen LogP contribution in [-0.4, -0.2) is 46.6 Å². The van der Waals surface area contributed by atoms with Gasteiger partial charge in [0.2, 0.25) is 11.5 Å². The molecular weight excluding hydrogens is 232 g/mol. The molecule has 7 nitrogen and oxygen atoms in total. The van der Waals surface area contributed by atoms with Gasteiger partial charge >= 0.3 is 11.9 Å². The molecule has 0 saturated carbocycles. The van der Waals surface area contributed by atoms with Gasteiger partial charge in [0.25, 0.3) is 0 Å². The molecule has 0 radical (unpaired) electrons. The van der Waals surface area contributed by atoms with Crippen molar-refractivity contribution in [1.82, 2.24) is 0 Å². The highest BCUT2D eigenvalue weighted by atomic mass is 16.5. The van der Waals surface area contributed by atoms with E-state index in [-0.39, 0.29) is 24.5 Å². The fraction of sp³-hybridized carbons (Fsp3) is 0.400. The van der Waals surface area contributed by atoms with Crippen molar-refractivity contribution in [2.75, 3.05) is 13.2 Å².